The van der Waals surface area contributed by atoms with Crippen molar-refractivity contribution in [1.29, 1.82) is 0 Å². The van der Waals surface area contributed by atoms with E-state index in [-0.39, 0.29) is 0 Å². The van der Waals surface area contributed by atoms with Crippen LogP contribution in [-0.2, 0) is 0 Å². The van der Waals surface area contributed by atoms with Crippen LogP contribution in [0.3, 0.4) is 0 Å². The summed E-state index contributed by atoms with van der Waals surface area (Å²) in [6.45, 7) is 0. The summed E-state index contributed by atoms with van der Waals surface area (Å²) >= 11 is 0. The Balaban J connectivity index is 2.84. The standard InChI is InChI=1S/C11H10NO/c1-13-11-7-6-10(12)8-4-2-3-5-9(8)11/h2-7,12H,1H3. The summed E-state index contributed by atoms with van der Waals surface area (Å²) in [4.78, 5) is 0. The molecule has 0 aliphatic heterocycles. The molecule has 0 bridgehead atoms. The summed E-state index contributed by atoms with van der Waals surface area (Å²) in [6.07, 6.45) is 0. The van der Waals surface area contributed by atoms with Crippen molar-refractivity contribution >= 4 is 16.5 Å². The van der Waals surface area contributed by atoms with Gasteiger partial charge in [-0.15, -0.1) is 0 Å². The third-order valence-corrected chi connectivity index (χ3v) is 2.10. The van der Waals surface area contributed by atoms with Crippen LogP contribution in [0.4, 0.5) is 5.69 Å². The molecule has 2 heteroatoms. The highest BCUT2D eigenvalue weighted by molar-refractivity contribution is 5.96. The SMILES string of the molecule is COc1ccc([NH])c2ccccc12. The van der Waals surface area contributed by atoms with Crippen molar-refractivity contribution in [2.24, 2.45) is 0 Å². The number of hydrogen-bond donors (Lipinski definition) is 0. The zero-order chi connectivity index (χ0) is 9.26. The first-order chi connectivity index (χ1) is 6.33. The second-order valence-corrected chi connectivity index (χ2v) is 2.86. The fraction of sp³-hybridized carbons (Fsp3) is 0.0909. The number of fused-ring (bicyclic) bond motifs is 1. The van der Waals surface area contributed by atoms with E-state index in [2.05, 4.69) is 0 Å². The third-order valence-electron chi connectivity index (χ3n) is 2.10. The van der Waals surface area contributed by atoms with Gasteiger partial charge in [0.05, 0.1) is 12.8 Å². The van der Waals surface area contributed by atoms with Gasteiger partial charge < -0.3 is 10.5 Å². The zero-order valence-electron chi connectivity index (χ0n) is 7.37. The van der Waals surface area contributed by atoms with Crippen molar-refractivity contribution in [3.63, 3.8) is 0 Å². The van der Waals surface area contributed by atoms with E-state index >= 15 is 0 Å². The van der Waals surface area contributed by atoms with Crippen LogP contribution in [0.1, 0.15) is 0 Å². The quantitative estimate of drug-likeness (QED) is 0.651. The number of benzene rings is 2. The lowest BCUT2D eigenvalue weighted by Gasteiger charge is -2.06. The van der Waals surface area contributed by atoms with Gasteiger partial charge in [-0.2, -0.15) is 0 Å². The van der Waals surface area contributed by atoms with E-state index in [0.717, 1.165) is 16.5 Å². The van der Waals surface area contributed by atoms with Gasteiger partial charge in [-0.25, -0.2) is 0 Å². The molecule has 0 spiro atoms. The van der Waals surface area contributed by atoms with E-state index in [0.29, 0.717) is 5.69 Å². The number of rotatable bonds is 1. The van der Waals surface area contributed by atoms with Crippen LogP contribution < -0.4 is 10.5 Å². The molecule has 2 rings (SSSR count). The second-order valence-electron chi connectivity index (χ2n) is 2.86. The monoisotopic (exact) mass is 172 g/mol. The fourth-order valence-electron chi connectivity index (χ4n) is 1.45. The van der Waals surface area contributed by atoms with Gasteiger partial charge in [0.25, 0.3) is 0 Å². The van der Waals surface area contributed by atoms with Gasteiger partial charge >= 0.3 is 0 Å². The Labute approximate surface area is 76.9 Å². The summed E-state index contributed by atoms with van der Waals surface area (Å²) in [7, 11) is 1.64. The lowest BCUT2D eigenvalue weighted by atomic mass is 10.1. The maximum atomic E-state index is 7.68. The van der Waals surface area contributed by atoms with Crippen LogP contribution in [0.25, 0.3) is 10.8 Å². The van der Waals surface area contributed by atoms with Gasteiger partial charge in [0.15, 0.2) is 0 Å². The maximum Gasteiger partial charge on any atom is 0.126 e. The molecule has 0 aromatic heterocycles. The van der Waals surface area contributed by atoms with Crippen LogP contribution in [0.5, 0.6) is 5.75 Å². The molecule has 0 atom stereocenters. The van der Waals surface area contributed by atoms with Gasteiger partial charge in [-0.1, -0.05) is 24.3 Å². The van der Waals surface area contributed by atoms with E-state index in [1.165, 1.54) is 0 Å². The minimum atomic E-state index is 0.538. The summed E-state index contributed by atoms with van der Waals surface area (Å²) in [6, 6.07) is 11.3. The molecule has 1 radical (unpaired) electrons. The molecule has 2 nitrogen and oxygen atoms in total. The number of hydrogen-bond acceptors (Lipinski definition) is 1. The summed E-state index contributed by atoms with van der Waals surface area (Å²) in [5.41, 5.74) is 8.22. The van der Waals surface area contributed by atoms with Gasteiger partial charge in [0, 0.05) is 10.8 Å². The number of ether oxygens (including phenoxy) is 1. The van der Waals surface area contributed by atoms with Crippen LogP contribution >= 0.6 is 0 Å². The third kappa shape index (κ3) is 1.20. The average Bonchev–Trinajstić information content (AvgIpc) is 2.19. The Hall–Kier alpha value is -1.70. The lowest BCUT2D eigenvalue weighted by Crippen LogP contribution is -1.85. The van der Waals surface area contributed by atoms with E-state index in [1.54, 1.807) is 13.2 Å². The Morgan fingerprint density at radius 1 is 1.00 bits per heavy atom. The zero-order valence-corrected chi connectivity index (χ0v) is 7.37. The Morgan fingerprint density at radius 3 is 2.38 bits per heavy atom. The van der Waals surface area contributed by atoms with Gasteiger partial charge in [0.2, 0.25) is 0 Å². The van der Waals surface area contributed by atoms with Crippen molar-refractivity contribution < 1.29 is 4.74 Å². The molecule has 0 saturated heterocycles. The first-order valence-corrected chi connectivity index (χ1v) is 4.10. The molecule has 0 saturated carbocycles. The smallest absolute Gasteiger partial charge is 0.126 e. The van der Waals surface area contributed by atoms with Crippen LogP contribution in [0, 0.1) is 0 Å². The largest absolute Gasteiger partial charge is 0.496 e. The van der Waals surface area contributed by atoms with Crippen LogP contribution in [-0.4, -0.2) is 7.11 Å². The van der Waals surface area contributed by atoms with Crippen molar-refractivity contribution in [3.8, 4) is 5.75 Å². The highest BCUT2D eigenvalue weighted by Gasteiger charge is 2.02. The Kier molecular flexibility index (Phi) is 1.81. The van der Waals surface area contributed by atoms with Crippen molar-refractivity contribution in [2.75, 3.05) is 7.11 Å². The first-order valence-electron chi connectivity index (χ1n) is 4.10. The second kappa shape index (κ2) is 2.98. The van der Waals surface area contributed by atoms with Crippen molar-refractivity contribution in [2.45, 2.75) is 0 Å². The molecule has 65 valence electrons. The van der Waals surface area contributed by atoms with Crippen molar-refractivity contribution in [1.82, 2.24) is 5.73 Å². The first kappa shape index (κ1) is 7.92. The highest BCUT2D eigenvalue weighted by atomic mass is 16.5. The predicted octanol–water partition coefficient (Wildman–Crippen LogP) is 2.76. The maximum absolute atomic E-state index is 7.68. The fourth-order valence-corrected chi connectivity index (χ4v) is 1.45. The molecule has 0 amide bonds. The molecule has 2 aromatic carbocycles. The van der Waals surface area contributed by atoms with Gasteiger partial charge in [-0.3, -0.25) is 0 Å². The molecular formula is C11H10NO. The van der Waals surface area contributed by atoms with E-state index in [9.17, 15) is 0 Å². The van der Waals surface area contributed by atoms with Crippen molar-refractivity contribution in [3.05, 3.63) is 36.4 Å². The van der Waals surface area contributed by atoms with Crippen LogP contribution in [0.2, 0.25) is 0 Å². The van der Waals surface area contributed by atoms with E-state index in [4.69, 9.17) is 10.5 Å². The van der Waals surface area contributed by atoms with Crippen LogP contribution in [0.15, 0.2) is 36.4 Å². The van der Waals surface area contributed by atoms with E-state index in [1.807, 2.05) is 30.3 Å². The summed E-state index contributed by atoms with van der Waals surface area (Å²) in [5.74, 6) is 0.826. The molecule has 13 heavy (non-hydrogen) atoms. The molecule has 0 unspecified atom stereocenters. The minimum Gasteiger partial charge on any atom is -0.496 e. The summed E-state index contributed by atoms with van der Waals surface area (Å²) < 4.78 is 5.20. The number of nitrogens with one attached hydrogen (secondary N) is 1. The summed E-state index contributed by atoms with van der Waals surface area (Å²) in [5, 5.41) is 1.93. The molecule has 0 aliphatic rings. The minimum absolute atomic E-state index is 0.538. The lowest BCUT2D eigenvalue weighted by molar-refractivity contribution is 0.420. The molecule has 0 fully saturated rings. The average molecular weight is 172 g/mol. The normalized spacial score (nSPS) is 10.2. The molecule has 2 aromatic rings. The van der Waals surface area contributed by atoms with E-state index < -0.39 is 0 Å². The highest BCUT2D eigenvalue weighted by Crippen LogP contribution is 2.29. The molecule has 1 N–H and O–H groups in total. The Bertz CT molecular complexity index is 437. The van der Waals surface area contributed by atoms with Gasteiger partial charge in [-0.05, 0) is 12.1 Å². The number of methoxy groups -OCH3 is 1. The molecular weight excluding hydrogens is 162 g/mol. The Morgan fingerprint density at radius 2 is 1.69 bits per heavy atom. The van der Waals surface area contributed by atoms with Gasteiger partial charge in [0.1, 0.15) is 5.75 Å². The molecule has 0 aliphatic carbocycles. The topological polar surface area (TPSA) is 33.0 Å². The molecule has 0 heterocycles. The predicted molar refractivity (Wildman–Crippen MR) is 53.3 cm³/mol.